The Labute approximate surface area is 97.4 Å². The zero-order valence-electron chi connectivity index (χ0n) is 8.19. The van der Waals surface area contributed by atoms with Gasteiger partial charge in [0, 0.05) is 0 Å². The smallest absolute Gasteiger partial charge is 0.346 e. The van der Waals surface area contributed by atoms with Crippen LogP contribution in [-0.4, -0.2) is 30.9 Å². The maximum atomic E-state index is 11.4. The highest BCUT2D eigenvalue weighted by Gasteiger charge is 2.27. The van der Waals surface area contributed by atoms with Gasteiger partial charge in [0.1, 0.15) is 0 Å². The molecular formula is C7H13IO5S. The van der Waals surface area contributed by atoms with E-state index in [4.69, 9.17) is 0 Å². The summed E-state index contributed by atoms with van der Waals surface area (Å²) < 4.78 is 30.6. The van der Waals surface area contributed by atoms with Crippen molar-refractivity contribution in [2.24, 2.45) is 0 Å². The highest BCUT2D eigenvalue weighted by atomic mass is 127. The topological polar surface area (TPSA) is 69.7 Å². The van der Waals surface area contributed by atoms with Gasteiger partial charge in [-0.3, -0.25) is 0 Å². The first kappa shape index (κ1) is 14.1. The third-order valence-corrected chi connectivity index (χ3v) is 4.56. The summed E-state index contributed by atoms with van der Waals surface area (Å²) in [5, 5.41) is -0.621. The highest BCUT2D eigenvalue weighted by molar-refractivity contribution is 14.1. The third-order valence-electron chi connectivity index (χ3n) is 1.67. The lowest BCUT2D eigenvalue weighted by Gasteiger charge is -2.13. The molecule has 5 nitrogen and oxygen atoms in total. The average Bonchev–Trinajstić information content (AvgIpc) is 2.14. The van der Waals surface area contributed by atoms with Crippen molar-refractivity contribution in [1.82, 2.24) is 0 Å². The van der Waals surface area contributed by atoms with E-state index >= 15 is 0 Å². The van der Waals surface area contributed by atoms with Crippen LogP contribution in [0.1, 0.15) is 20.3 Å². The molecule has 14 heavy (non-hydrogen) atoms. The van der Waals surface area contributed by atoms with Gasteiger partial charge in [0.15, 0.2) is 0 Å². The van der Waals surface area contributed by atoms with Gasteiger partial charge in [-0.15, -0.1) is 0 Å². The van der Waals surface area contributed by atoms with E-state index in [1.165, 1.54) is 14.0 Å². The van der Waals surface area contributed by atoms with E-state index in [1.54, 1.807) is 29.5 Å². The van der Waals surface area contributed by atoms with Gasteiger partial charge in [0.25, 0.3) is 10.1 Å². The standard InChI is InChI=1S/C7H13IO5S/c1-4-5(2)14(10,11)13-6(8)7(9)12-3/h5-6H,4H2,1-3H3. The number of rotatable bonds is 5. The van der Waals surface area contributed by atoms with Crippen molar-refractivity contribution in [1.29, 1.82) is 0 Å². The first-order chi connectivity index (χ1) is 6.35. The van der Waals surface area contributed by atoms with E-state index in [0.29, 0.717) is 6.42 Å². The van der Waals surface area contributed by atoms with Crippen molar-refractivity contribution >= 4 is 38.7 Å². The average molecular weight is 336 g/mol. The van der Waals surface area contributed by atoms with Gasteiger partial charge in [0.2, 0.25) is 4.11 Å². The fourth-order valence-electron chi connectivity index (χ4n) is 0.549. The number of methoxy groups -OCH3 is 1. The molecule has 0 aromatic carbocycles. The van der Waals surface area contributed by atoms with E-state index in [9.17, 15) is 13.2 Å². The van der Waals surface area contributed by atoms with Gasteiger partial charge in [-0.1, -0.05) is 6.92 Å². The van der Waals surface area contributed by atoms with Gasteiger partial charge >= 0.3 is 5.97 Å². The monoisotopic (exact) mass is 336 g/mol. The van der Waals surface area contributed by atoms with E-state index < -0.39 is 25.4 Å². The quantitative estimate of drug-likeness (QED) is 0.325. The molecule has 7 heteroatoms. The molecule has 0 saturated carbocycles. The largest absolute Gasteiger partial charge is 0.466 e. The number of alkyl halides is 1. The lowest BCUT2D eigenvalue weighted by Crippen LogP contribution is -2.28. The molecule has 0 rings (SSSR count). The molecule has 2 atom stereocenters. The molecule has 0 saturated heterocycles. The number of ether oxygens (including phenoxy) is 1. The second-order valence-electron chi connectivity index (χ2n) is 2.65. The van der Waals surface area contributed by atoms with Crippen molar-refractivity contribution in [3.8, 4) is 0 Å². The Kier molecular flexibility index (Phi) is 5.91. The van der Waals surface area contributed by atoms with Gasteiger partial charge < -0.3 is 4.74 Å². The summed E-state index contributed by atoms with van der Waals surface area (Å²) >= 11 is 1.57. The molecule has 0 aromatic heterocycles. The van der Waals surface area contributed by atoms with Crippen LogP contribution in [0.5, 0.6) is 0 Å². The maximum Gasteiger partial charge on any atom is 0.346 e. The number of carbonyl (C=O) groups excluding carboxylic acids is 1. The molecule has 0 N–H and O–H groups in total. The molecule has 0 aliphatic carbocycles. The Morgan fingerprint density at radius 1 is 1.50 bits per heavy atom. The fourth-order valence-corrected chi connectivity index (χ4v) is 2.58. The first-order valence-corrected chi connectivity index (χ1v) is 6.70. The minimum absolute atomic E-state index is 0.437. The van der Waals surface area contributed by atoms with E-state index in [-0.39, 0.29) is 0 Å². The Morgan fingerprint density at radius 2 is 2.00 bits per heavy atom. The van der Waals surface area contributed by atoms with Crippen molar-refractivity contribution in [3.63, 3.8) is 0 Å². The Bertz CT molecular complexity index is 286. The zero-order valence-corrected chi connectivity index (χ0v) is 11.2. The molecule has 0 amide bonds. The Morgan fingerprint density at radius 3 is 2.36 bits per heavy atom. The number of halogens is 1. The number of esters is 1. The fraction of sp³-hybridized carbons (Fsp3) is 0.857. The van der Waals surface area contributed by atoms with Gasteiger partial charge in [-0.25, -0.2) is 8.98 Å². The summed E-state index contributed by atoms with van der Waals surface area (Å²) in [6.07, 6.45) is 0.437. The third kappa shape index (κ3) is 4.09. The lowest BCUT2D eigenvalue weighted by atomic mass is 10.4. The molecule has 0 radical (unpaired) electrons. The molecule has 0 fully saturated rings. The summed E-state index contributed by atoms with van der Waals surface area (Å²) in [7, 11) is -2.50. The minimum atomic E-state index is -3.67. The summed E-state index contributed by atoms with van der Waals surface area (Å²) in [6.45, 7) is 3.25. The van der Waals surface area contributed by atoms with Crippen LogP contribution in [-0.2, 0) is 23.8 Å². The normalized spacial score (nSPS) is 16.0. The molecule has 0 heterocycles. The molecule has 0 aliphatic heterocycles. The van der Waals surface area contributed by atoms with Crippen molar-refractivity contribution in [3.05, 3.63) is 0 Å². The predicted octanol–water partition coefficient (Wildman–Crippen LogP) is 1.07. The summed E-state index contributed by atoms with van der Waals surface area (Å²) in [6, 6.07) is 0. The molecule has 0 aromatic rings. The second kappa shape index (κ2) is 5.86. The summed E-state index contributed by atoms with van der Waals surface area (Å²) in [5.74, 6) is -0.711. The Hall–Kier alpha value is 0.110. The number of hydrogen-bond acceptors (Lipinski definition) is 5. The van der Waals surface area contributed by atoms with Crippen molar-refractivity contribution in [2.75, 3.05) is 7.11 Å². The molecule has 0 aliphatic rings. The summed E-state index contributed by atoms with van der Waals surface area (Å²) in [4.78, 5) is 10.9. The molecule has 0 spiro atoms. The van der Waals surface area contributed by atoms with Crippen molar-refractivity contribution in [2.45, 2.75) is 29.6 Å². The van der Waals surface area contributed by atoms with Gasteiger partial charge in [0.05, 0.1) is 12.4 Å². The number of carbonyl (C=O) groups is 1. The number of hydrogen-bond donors (Lipinski definition) is 0. The van der Waals surface area contributed by atoms with Gasteiger partial charge in [-0.05, 0) is 35.9 Å². The highest BCUT2D eigenvalue weighted by Crippen LogP contribution is 2.15. The molecule has 0 bridgehead atoms. The summed E-state index contributed by atoms with van der Waals surface area (Å²) in [5.41, 5.74) is 0. The van der Waals surface area contributed by atoms with E-state index in [1.807, 2.05) is 0 Å². The van der Waals surface area contributed by atoms with Crippen LogP contribution in [0.4, 0.5) is 0 Å². The molecule has 2 unspecified atom stereocenters. The van der Waals surface area contributed by atoms with E-state index in [0.717, 1.165) is 0 Å². The minimum Gasteiger partial charge on any atom is -0.466 e. The van der Waals surface area contributed by atoms with Crippen LogP contribution in [0.15, 0.2) is 0 Å². The second-order valence-corrected chi connectivity index (χ2v) is 5.76. The van der Waals surface area contributed by atoms with Crippen LogP contribution < -0.4 is 0 Å². The van der Waals surface area contributed by atoms with Crippen LogP contribution in [0.3, 0.4) is 0 Å². The van der Waals surface area contributed by atoms with Crippen LogP contribution in [0.25, 0.3) is 0 Å². The molecule has 84 valence electrons. The van der Waals surface area contributed by atoms with Crippen molar-refractivity contribution < 1.29 is 22.1 Å². The first-order valence-electron chi connectivity index (χ1n) is 3.99. The SMILES string of the molecule is CCC(C)S(=O)(=O)OC(I)C(=O)OC. The van der Waals surface area contributed by atoms with Crippen LogP contribution in [0.2, 0.25) is 0 Å². The Balaban J connectivity index is 4.45. The zero-order chi connectivity index (χ0) is 11.4. The molecular weight excluding hydrogens is 323 g/mol. The van der Waals surface area contributed by atoms with E-state index in [2.05, 4.69) is 8.92 Å². The predicted molar refractivity (Wildman–Crippen MR) is 59.6 cm³/mol. The van der Waals surface area contributed by atoms with Crippen LogP contribution in [0, 0.1) is 0 Å². The van der Waals surface area contributed by atoms with Crippen LogP contribution >= 0.6 is 22.6 Å². The maximum absolute atomic E-state index is 11.4. The van der Waals surface area contributed by atoms with Gasteiger partial charge in [-0.2, -0.15) is 8.42 Å². The lowest BCUT2D eigenvalue weighted by molar-refractivity contribution is -0.143.